The number of nitrogens with two attached hydrogens (primary N) is 1. The van der Waals surface area contributed by atoms with Crippen LogP contribution in [0.4, 0.5) is 5.69 Å². The van der Waals surface area contributed by atoms with Gasteiger partial charge in [0.1, 0.15) is 0 Å². The minimum atomic E-state index is 0.629. The molecule has 2 aromatic rings. The van der Waals surface area contributed by atoms with E-state index in [9.17, 15) is 0 Å². The number of imidazole rings is 1. The first-order chi connectivity index (χ1) is 6.25. The average molecular weight is 194 g/mol. The van der Waals surface area contributed by atoms with Crippen molar-refractivity contribution >= 4 is 17.3 Å². The Labute approximate surface area is 80.6 Å². The summed E-state index contributed by atoms with van der Waals surface area (Å²) in [6.07, 6.45) is 3.34. The van der Waals surface area contributed by atoms with Crippen molar-refractivity contribution in [2.45, 2.75) is 0 Å². The number of benzene rings is 1. The Kier molecular flexibility index (Phi) is 1.94. The molecule has 3 N–H and O–H groups in total. The summed E-state index contributed by atoms with van der Waals surface area (Å²) in [6, 6.07) is 5.40. The molecular formula is C9H8ClN3. The smallest absolute Gasteiger partial charge is 0.0924 e. The molecule has 0 aliphatic heterocycles. The van der Waals surface area contributed by atoms with E-state index in [2.05, 4.69) is 9.97 Å². The van der Waals surface area contributed by atoms with Crippen molar-refractivity contribution in [3.05, 3.63) is 35.7 Å². The molecular weight excluding hydrogens is 186 g/mol. The molecule has 1 aromatic carbocycles. The van der Waals surface area contributed by atoms with E-state index in [0.29, 0.717) is 10.7 Å². The van der Waals surface area contributed by atoms with Gasteiger partial charge in [-0.05, 0) is 18.2 Å². The first kappa shape index (κ1) is 8.13. The molecule has 2 rings (SSSR count). The summed E-state index contributed by atoms with van der Waals surface area (Å²) < 4.78 is 0. The fraction of sp³-hybridized carbons (Fsp3) is 0. The van der Waals surface area contributed by atoms with E-state index in [4.69, 9.17) is 17.3 Å². The number of aromatic nitrogens is 2. The van der Waals surface area contributed by atoms with E-state index in [1.165, 1.54) is 0 Å². The maximum Gasteiger partial charge on any atom is 0.0924 e. The van der Waals surface area contributed by atoms with Gasteiger partial charge in [-0.1, -0.05) is 11.6 Å². The number of nitrogens with one attached hydrogen (secondary N) is 1. The Balaban J connectivity index is 2.53. The maximum atomic E-state index is 5.85. The highest BCUT2D eigenvalue weighted by Crippen LogP contribution is 2.23. The Morgan fingerprint density at radius 1 is 1.31 bits per heavy atom. The third-order valence-electron chi connectivity index (χ3n) is 1.73. The number of aromatic amines is 1. The zero-order valence-corrected chi connectivity index (χ0v) is 7.55. The minimum absolute atomic E-state index is 0.629. The van der Waals surface area contributed by atoms with Crippen LogP contribution in [-0.2, 0) is 0 Å². The number of anilines is 1. The van der Waals surface area contributed by atoms with E-state index in [1.54, 1.807) is 18.6 Å². The molecule has 1 heterocycles. The standard InChI is InChI=1S/C9H8ClN3/c10-7-1-6(2-8(11)3-7)9-4-12-5-13-9/h1-5H,11H2,(H,12,13). The highest BCUT2D eigenvalue weighted by molar-refractivity contribution is 6.31. The monoisotopic (exact) mass is 193 g/mol. The molecule has 0 amide bonds. The summed E-state index contributed by atoms with van der Waals surface area (Å²) in [4.78, 5) is 6.90. The molecule has 66 valence electrons. The lowest BCUT2D eigenvalue weighted by molar-refractivity contribution is 1.31. The quantitative estimate of drug-likeness (QED) is 0.683. The second-order valence-electron chi connectivity index (χ2n) is 2.74. The first-order valence-electron chi connectivity index (χ1n) is 3.80. The van der Waals surface area contributed by atoms with Crippen molar-refractivity contribution in [2.75, 3.05) is 5.73 Å². The van der Waals surface area contributed by atoms with Crippen LogP contribution in [0.1, 0.15) is 0 Å². The third-order valence-corrected chi connectivity index (χ3v) is 1.95. The van der Waals surface area contributed by atoms with Gasteiger partial charge in [0, 0.05) is 16.3 Å². The minimum Gasteiger partial charge on any atom is -0.399 e. The number of rotatable bonds is 1. The van der Waals surface area contributed by atoms with E-state index in [0.717, 1.165) is 11.3 Å². The molecule has 3 nitrogen and oxygen atoms in total. The van der Waals surface area contributed by atoms with Gasteiger partial charge in [-0.2, -0.15) is 0 Å². The fourth-order valence-electron chi connectivity index (χ4n) is 1.18. The first-order valence-corrected chi connectivity index (χ1v) is 4.18. The maximum absolute atomic E-state index is 5.85. The number of hydrogen-bond acceptors (Lipinski definition) is 2. The van der Waals surface area contributed by atoms with Crippen LogP contribution in [-0.4, -0.2) is 9.97 Å². The Bertz CT molecular complexity index is 389. The summed E-state index contributed by atoms with van der Waals surface area (Å²) in [5, 5.41) is 0.629. The highest BCUT2D eigenvalue weighted by Gasteiger charge is 2.00. The van der Waals surface area contributed by atoms with Crippen LogP contribution in [0.3, 0.4) is 0 Å². The predicted octanol–water partition coefficient (Wildman–Crippen LogP) is 2.31. The molecule has 0 saturated carbocycles. The summed E-state index contributed by atoms with van der Waals surface area (Å²) in [5.41, 5.74) is 8.15. The third kappa shape index (κ3) is 1.65. The van der Waals surface area contributed by atoms with Crippen LogP contribution < -0.4 is 5.73 Å². The summed E-state index contributed by atoms with van der Waals surface area (Å²) in [6.45, 7) is 0. The van der Waals surface area contributed by atoms with Gasteiger partial charge < -0.3 is 10.7 Å². The van der Waals surface area contributed by atoms with Gasteiger partial charge >= 0.3 is 0 Å². The number of halogens is 1. The van der Waals surface area contributed by atoms with E-state index >= 15 is 0 Å². The van der Waals surface area contributed by atoms with Gasteiger partial charge in [0.05, 0.1) is 18.2 Å². The van der Waals surface area contributed by atoms with E-state index < -0.39 is 0 Å². The normalized spacial score (nSPS) is 10.2. The van der Waals surface area contributed by atoms with Crippen molar-refractivity contribution in [3.63, 3.8) is 0 Å². The molecule has 0 saturated heterocycles. The molecule has 0 fully saturated rings. The summed E-state index contributed by atoms with van der Waals surface area (Å²) in [5.74, 6) is 0. The average Bonchev–Trinajstić information content (AvgIpc) is 2.53. The van der Waals surface area contributed by atoms with Gasteiger partial charge in [-0.25, -0.2) is 4.98 Å². The molecule has 0 aliphatic rings. The van der Waals surface area contributed by atoms with Gasteiger partial charge in [0.25, 0.3) is 0 Å². The Morgan fingerprint density at radius 2 is 2.15 bits per heavy atom. The van der Waals surface area contributed by atoms with E-state index in [-0.39, 0.29) is 0 Å². The summed E-state index contributed by atoms with van der Waals surface area (Å²) >= 11 is 5.85. The largest absolute Gasteiger partial charge is 0.399 e. The lowest BCUT2D eigenvalue weighted by Gasteiger charge is -2.00. The molecule has 0 atom stereocenters. The molecule has 0 aliphatic carbocycles. The highest BCUT2D eigenvalue weighted by atomic mass is 35.5. The van der Waals surface area contributed by atoms with Crippen LogP contribution in [0.25, 0.3) is 11.3 Å². The molecule has 4 heteroatoms. The summed E-state index contributed by atoms with van der Waals surface area (Å²) in [7, 11) is 0. The molecule has 0 radical (unpaired) electrons. The van der Waals surface area contributed by atoms with Crippen molar-refractivity contribution in [1.29, 1.82) is 0 Å². The second-order valence-corrected chi connectivity index (χ2v) is 3.17. The number of nitrogen functional groups attached to an aromatic ring is 1. The van der Waals surface area contributed by atoms with Crippen LogP contribution in [0, 0.1) is 0 Å². The van der Waals surface area contributed by atoms with Crippen LogP contribution in [0.5, 0.6) is 0 Å². The Morgan fingerprint density at radius 3 is 2.77 bits per heavy atom. The predicted molar refractivity (Wildman–Crippen MR) is 53.4 cm³/mol. The van der Waals surface area contributed by atoms with Crippen LogP contribution in [0.2, 0.25) is 5.02 Å². The van der Waals surface area contributed by atoms with Crippen LogP contribution in [0.15, 0.2) is 30.7 Å². The number of hydrogen-bond donors (Lipinski definition) is 2. The molecule has 0 spiro atoms. The zero-order valence-electron chi connectivity index (χ0n) is 6.79. The Hall–Kier alpha value is -1.48. The molecule has 1 aromatic heterocycles. The zero-order chi connectivity index (χ0) is 9.26. The van der Waals surface area contributed by atoms with Gasteiger partial charge in [-0.3, -0.25) is 0 Å². The lowest BCUT2D eigenvalue weighted by Crippen LogP contribution is -1.86. The molecule has 13 heavy (non-hydrogen) atoms. The van der Waals surface area contributed by atoms with Gasteiger partial charge in [0.15, 0.2) is 0 Å². The number of nitrogens with zero attached hydrogens (tertiary/aromatic N) is 1. The van der Waals surface area contributed by atoms with Crippen molar-refractivity contribution in [3.8, 4) is 11.3 Å². The lowest BCUT2D eigenvalue weighted by atomic mass is 10.1. The second kappa shape index (κ2) is 3.11. The fourth-order valence-corrected chi connectivity index (χ4v) is 1.43. The number of H-pyrrole nitrogens is 1. The molecule has 0 unspecified atom stereocenters. The SMILES string of the molecule is Nc1cc(Cl)cc(-c2cnc[nH]2)c1. The molecule has 0 bridgehead atoms. The van der Waals surface area contributed by atoms with Gasteiger partial charge in [-0.15, -0.1) is 0 Å². The van der Waals surface area contributed by atoms with Crippen LogP contribution >= 0.6 is 11.6 Å². The topological polar surface area (TPSA) is 54.7 Å². The van der Waals surface area contributed by atoms with Crippen molar-refractivity contribution in [2.24, 2.45) is 0 Å². The van der Waals surface area contributed by atoms with E-state index in [1.807, 2.05) is 12.1 Å². The van der Waals surface area contributed by atoms with Crippen molar-refractivity contribution in [1.82, 2.24) is 9.97 Å². The van der Waals surface area contributed by atoms with Gasteiger partial charge in [0.2, 0.25) is 0 Å². The van der Waals surface area contributed by atoms with Crippen molar-refractivity contribution < 1.29 is 0 Å².